The standard InChI is InChI=1S/C12H22N2O3/c1-3-10-5-4-6-14(8-10)12(17)13-7-9(2)11(15)16/h9-10H,3-8H2,1-2H3,(H,13,17)(H,15,16). The number of amides is 2. The molecule has 1 aliphatic heterocycles. The number of carbonyl (C=O) groups is 2. The highest BCUT2D eigenvalue weighted by Gasteiger charge is 2.23. The van der Waals surface area contributed by atoms with E-state index in [-0.39, 0.29) is 12.6 Å². The lowest BCUT2D eigenvalue weighted by Gasteiger charge is -2.32. The molecule has 1 rings (SSSR count). The molecular weight excluding hydrogens is 220 g/mol. The number of likely N-dealkylation sites (tertiary alicyclic amines) is 1. The van der Waals surface area contributed by atoms with Crippen LogP contribution in [0.5, 0.6) is 0 Å². The van der Waals surface area contributed by atoms with E-state index in [2.05, 4.69) is 12.2 Å². The fourth-order valence-corrected chi connectivity index (χ4v) is 2.02. The third-order valence-corrected chi connectivity index (χ3v) is 3.36. The summed E-state index contributed by atoms with van der Waals surface area (Å²) < 4.78 is 0. The summed E-state index contributed by atoms with van der Waals surface area (Å²) in [6.45, 7) is 5.50. The smallest absolute Gasteiger partial charge is 0.317 e. The van der Waals surface area contributed by atoms with Crippen molar-refractivity contribution in [3.8, 4) is 0 Å². The lowest BCUT2D eigenvalue weighted by molar-refractivity contribution is -0.140. The number of aliphatic carboxylic acids is 1. The van der Waals surface area contributed by atoms with Gasteiger partial charge in [0.1, 0.15) is 0 Å². The van der Waals surface area contributed by atoms with Crippen LogP contribution in [0.2, 0.25) is 0 Å². The van der Waals surface area contributed by atoms with Crippen LogP contribution in [-0.4, -0.2) is 41.6 Å². The number of hydrogen-bond donors (Lipinski definition) is 2. The Morgan fingerprint density at radius 3 is 2.82 bits per heavy atom. The van der Waals surface area contributed by atoms with E-state index in [9.17, 15) is 9.59 Å². The number of urea groups is 1. The molecule has 0 saturated carbocycles. The van der Waals surface area contributed by atoms with Crippen LogP contribution >= 0.6 is 0 Å². The van der Waals surface area contributed by atoms with Crippen molar-refractivity contribution in [1.82, 2.24) is 10.2 Å². The molecule has 0 aromatic rings. The van der Waals surface area contributed by atoms with Crippen molar-refractivity contribution in [2.45, 2.75) is 33.1 Å². The molecule has 98 valence electrons. The van der Waals surface area contributed by atoms with Crippen molar-refractivity contribution >= 4 is 12.0 Å². The van der Waals surface area contributed by atoms with Crippen LogP contribution in [0.3, 0.4) is 0 Å². The summed E-state index contributed by atoms with van der Waals surface area (Å²) in [7, 11) is 0. The number of carboxylic acids is 1. The first kappa shape index (κ1) is 13.8. The molecule has 1 aliphatic rings. The molecule has 5 nitrogen and oxygen atoms in total. The van der Waals surface area contributed by atoms with Crippen LogP contribution in [0.15, 0.2) is 0 Å². The van der Waals surface area contributed by atoms with E-state index < -0.39 is 11.9 Å². The van der Waals surface area contributed by atoms with E-state index in [1.54, 1.807) is 11.8 Å². The average Bonchev–Trinajstić information content (AvgIpc) is 2.35. The molecule has 0 spiro atoms. The highest BCUT2D eigenvalue weighted by Crippen LogP contribution is 2.18. The summed E-state index contributed by atoms with van der Waals surface area (Å²) in [5.41, 5.74) is 0. The largest absolute Gasteiger partial charge is 0.481 e. The number of rotatable bonds is 4. The number of carboxylic acid groups (broad SMARTS) is 1. The summed E-state index contributed by atoms with van der Waals surface area (Å²) >= 11 is 0. The maximum Gasteiger partial charge on any atom is 0.317 e. The fourth-order valence-electron chi connectivity index (χ4n) is 2.02. The summed E-state index contributed by atoms with van der Waals surface area (Å²) in [4.78, 5) is 24.2. The van der Waals surface area contributed by atoms with E-state index in [1.165, 1.54) is 6.42 Å². The Morgan fingerprint density at radius 1 is 1.53 bits per heavy atom. The Hall–Kier alpha value is -1.26. The van der Waals surface area contributed by atoms with E-state index >= 15 is 0 Å². The fraction of sp³-hybridized carbons (Fsp3) is 0.833. The summed E-state index contributed by atoms with van der Waals surface area (Å²) in [5.74, 6) is -0.826. The molecule has 0 aromatic carbocycles. The van der Waals surface area contributed by atoms with E-state index in [0.717, 1.165) is 25.9 Å². The highest BCUT2D eigenvalue weighted by molar-refractivity contribution is 5.76. The van der Waals surface area contributed by atoms with Gasteiger partial charge in [-0.2, -0.15) is 0 Å². The molecule has 0 aliphatic carbocycles. The second-order valence-electron chi connectivity index (χ2n) is 4.79. The van der Waals surface area contributed by atoms with Gasteiger partial charge >= 0.3 is 12.0 Å². The van der Waals surface area contributed by atoms with Gasteiger partial charge in [-0.25, -0.2) is 4.79 Å². The van der Waals surface area contributed by atoms with Gasteiger partial charge in [0.25, 0.3) is 0 Å². The lowest BCUT2D eigenvalue weighted by Crippen LogP contribution is -2.46. The molecule has 2 N–H and O–H groups in total. The van der Waals surface area contributed by atoms with Crippen LogP contribution in [0.25, 0.3) is 0 Å². The normalized spacial score (nSPS) is 22.0. The molecule has 2 amide bonds. The summed E-state index contributed by atoms with van der Waals surface area (Å²) in [6, 6.07) is -0.128. The van der Waals surface area contributed by atoms with Crippen LogP contribution in [0, 0.1) is 11.8 Å². The number of carbonyl (C=O) groups excluding carboxylic acids is 1. The van der Waals surface area contributed by atoms with Gasteiger partial charge in [-0.3, -0.25) is 4.79 Å². The van der Waals surface area contributed by atoms with Crippen LogP contribution < -0.4 is 5.32 Å². The first-order valence-corrected chi connectivity index (χ1v) is 6.30. The van der Waals surface area contributed by atoms with Gasteiger partial charge in [0.05, 0.1) is 5.92 Å². The minimum atomic E-state index is -0.879. The Labute approximate surface area is 102 Å². The number of piperidine rings is 1. The van der Waals surface area contributed by atoms with E-state index in [0.29, 0.717) is 5.92 Å². The predicted octanol–water partition coefficient (Wildman–Crippen LogP) is 1.54. The Balaban J connectivity index is 2.34. The van der Waals surface area contributed by atoms with Crippen molar-refractivity contribution in [3.05, 3.63) is 0 Å². The Kier molecular flexibility index (Phi) is 5.25. The first-order valence-electron chi connectivity index (χ1n) is 6.30. The zero-order valence-electron chi connectivity index (χ0n) is 10.6. The van der Waals surface area contributed by atoms with Crippen molar-refractivity contribution in [3.63, 3.8) is 0 Å². The monoisotopic (exact) mass is 242 g/mol. The predicted molar refractivity (Wildman–Crippen MR) is 64.8 cm³/mol. The zero-order valence-corrected chi connectivity index (χ0v) is 10.6. The molecule has 1 heterocycles. The molecule has 0 radical (unpaired) electrons. The molecule has 0 bridgehead atoms. The van der Waals surface area contributed by atoms with Gasteiger partial charge in [-0.15, -0.1) is 0 Å². The molecule has 17 heavy (non-hydrogen) atoms. The minimum absolute atomic E-state index is 0.128. The SMILES string of the molecule is CCC1CCCN(C(=O)NCC(C)C(=O)O)C1. The molecule has 2 atom stereocenters. The molecule has 1 saturated heterocycles. The zero-order chi connectivity index (χ0) is 12.8. The molecule has 5 heteroatoms. The summed E-state index contributed by atoms with van der Waals surface area (Å²) in [5, 5.41) is 11.4. The molecule has 0 aromatic heterocycles. The highest BCUT2D eigenvalue weighted by atomic mass is 16.4. The van der Waals surface area contributed by atoms with Gasteiger partial charge < -0.3 is 15.3 Å². The van der Waals surface area contributed by atoms with Gasteiger partial charge in [-0.05, 0) is 18.8 Å². The van der Waals surface area contributed by atoms with Crippen LogP contribution in [-0.2, 0) is 4.79 Å². The average molecular weight is 242 g/mol. The number of nitrogens with one attached hydrogen (secondary N) is 1. The molecule has 2 unspecified atom stereocenters. The second-order valence-corrected chi connectivity index (χ2v) is 4.79. The van der Waals surface area contributed by atoms with Crippen molar-refractivity contribution < 1.29 is 14.7 Å². The van der Waals surface area contributed by atoms with Crippen molar-refractivity contribution in [2.24, 2.45) is 11.8 Å². The van der Waals surface area contributed by atoms with E-state index in [4.69, 9.17) is 5.11 Å². The van der Waals surface area contributed by atoms with Gasteiger partial charge in [0.15, 0.2) is 0 Å². The Bertz CT molecular complexity index is 281. The maximum atomic E-state index is 11.8. The second kappa shape index (κ2) is 6.47. The first-order chi connectivity index (χ1) is 8.04. The topological polar surface area (TPSA) is 69.6 Å². The van der Waals surface area contributed by atoms with Crippen molar-refractivity contribution in [2.75, 3.05) is 19.6 Å². The third-order valence-electron chi connectivity index (χ3n) is 3.36. The lowest BCUT2D eigenvalue weighted by atomic mass is 9.96. The Morgan fingerprint density at radius 2 is 2.24 bits per heavy atom. The number of nitrogens with zero attached hydrogens (tertiary/aromatic N) is 1. The maximum absolute atomic E-state index is 11.8. The number of hydrogen-bond acceptors (Lipinski definition) is 2. The van der Waals surface area contributed by atoms with Gasteiger partial charge in [0, 0.05) is 19.6 Å². The van der Waals surface area contributed by atoms with Crippen molar-refractivity contribution in [1.29, 1.82) is 0 Å². The molecular formula is C12H22N2O3. The molecule has 1 fully saturated rings. The van der Waals surface area contributed by atoms with Gasteiger partial charge in [0.2, 0.25) is 0 Å². The minimum Gasteiger partial charge on any atom is -0.481 e. The van der Waals surface area contributed by atoms with Gasteiger partial charge in [-0.1, -0.05) is 20.3 Å². The van der Waals surface area contributed by atoms with Crippen LogP contribution in [0.1, 0.15) is 33.1 Å². The van der Waals surface area contributed by atoms with Crippen LogP contribution in [0.4, 0.5) is 4.79 Å². The van der Waals surface area contributed by atoms with E-state index in [1.807, 2.05) is 0 Å². The summed E-state index contributed by atoms with van der Waals surface area (Å²) in [6.07, 6.45) is 3.32. The third kappa shape index (κ3) is 4.24. The quantitative estimate of drug-likeness (QED) is 0.785.